The fourth-order valence-corrected chi connectivity index (χ4v) is 5.54. The number of allylic oxidation sites excluding steroid dienone is 2. The zero-order valence-electron chi connectivity index (χ0n) is 12.7. The highest BCUT2D eigenvalue weighted by atomic mass is 15.7. The van der Waals surface area contributed by atoms with Gasteiger partial charge in [-0.05, 0) is 48.6 Å². The van der Waals surface area contributed by atoms with Gasteiger partial charge in [0, 0.05) is 0 Å². The molecular formula is C17H18N6. The van der Waals surface area contributed by atoms with Crippen LogP contribution in [0, 0.1) is 23.7 Å². The molecule has 0 amide bonds. The van der Waals surface area contributed by atoms with Crippen LogP contribution in [-0.4, -0.2) is 32.1 Å². The monoisotopic (exact) mass is 306 g/mol. The summed E-state index contributed by atoms with van der Waals surface area (Å²) in [6.45, 7) is 0.648. The molecule has 0 saturated heterocycles. The number of hydrogen-bond donors (Lipinski definition) is 0. The number of hydrogen-bond acceptors (Lipinski definition) is 5. The highest BCUT2D eigenvalue weighted by Crippen LogP contribution is 2.60. The van der Waals surface area contributed by atoms with E-state index in [0.29, 0.717) is 24.7 Å². The Kier molecular flexibility index (Phi) is 2.22. The summed E-state index contributed by atoms with van der Waals surface area (Å²) >= 11 is 0. The van der Waals surface area contributed by atoms with Gasteiger partial charge in [-0.2, -0.15) is 5.11 Å². The molecule has 6 nitrogen and oxygen atoms in total. The molecule has 2 saturated carbocycles. The first kappa shape index (κ1) is 12.2. The number of rotatable bonds is 2. The fraction of sp³-hybridized carbons (Fsp3) is 0.529. The zero-order chi connectivity index (χ0) is 15.0. The minimum Gasteiger partial charge on any atom is -0.252 e. The van der Waals surface area contributed by atoms with Crippen molar-refractivity contribution in [2.45, 2.75) is 31.6 Å². The van der Waals surface area contributed by atoms with Crippen LogP contribution in [0.4, 0.5) is 0 Å². The number of para-hydroxylation sites is 1. The molecule has 0 N–H and O–H groups in total. The van der Waals surface area contributed by atoms with Gasteiger partial charge in [0.05, 0.1) is 17.6 Å². The van der Waals surface area contributed by atoms with E-state index in [2.05, 4.69) is 43.9 Å². The van der Waals surface area contributed by atoms with E-state index in [9.17, 15) is 0 Å². The largest absolute Gasteiger partial charge is 0.252 e. The molecule has 1 aromatic heterocycles. The van der Waals surface area contributed by atoms with Crippen molar-refractivity contribution in [1.29, 1.82) is 0 Å². The third-order valence-corrected chi connectivity index (χ3v) is 6.42. The second-order valence-corrected chi connectivity index (χ2v) is 7.31. The number of aromatic nitrogens is 3. The van der Waals surface area contributed by atoms with E-state index >= 15 is 0 Å². The summed E-state index contributed by atoms with van der Waals surface area (Å²) in [5.74, 6) is 3.01. The van der Waals surface area contributed by atoms with Gasteiger partial charge < -0.3 is 0 Å². The number of benzene rings is 1. The van der Waals surface area contributed by atoms with Gasteiger partial charge in [-0.15, -0.1) is 5.10 Å². The summed E-state index contributed by atoms with van der Waals surface area (Å²) in [4.78, 5) is 0. The summed E-state index contributed by atoms with van der Waals surface area (Å²) < 4.78 is 1.95. The topological polar surface area (TPSA) is 58.7 Å². The number of nitrogens with zero attached hydrogens (tertiary/aromatic N) is 6. The molecule has 1 aromatic carbocycles. The van der Waals surface area contributed by atoms with Crippen LogP contribution >= 0.6 is 0 Å². The first-order chi connectivity index (χ1) is 11.4. The van der Waals surface area contributed by atoms with Crippen molar-refractivity contribution in [3.05, 3.63) is 36.4 Å². The SMILES string of the molecule is C1=C[C@@H]2[C@H](C1)[C@H]1C[C@@H]2[C@H]2[C@@H]1N=NN2Cn1nnc2ccccc21. The van der Waals surface area contributed by atoms with Crippen molar-refractivity contribution in [2.75, 3.05) is 0 Å². The first-order valence-corrected chi connectivity index (χ1v) is 8.52. The quantitative estimate of drug-likeness (QED) is 0.801. The third kappa shape index (κ3) is 1.49. The van der Waals surface area contributed by atoms with Crippen LogP contribution in [0.3, 0.4) is 0 Å². The standard InChI is InChI=1S/C17H18N6/c1-2-7-15-14(6-1)18-20-22(15)9-23-17-13-8-12(16(17)19-21-23)10-4-3-5-11(10)13/h1-3,5-7,10-13,16-17H,4,8-9H2/t10-,11+,12+,13-,16+,17-/m0/s1. The smallest absolute Gasteiger partial charge is 0.132 e. The molecule has 4 aliphatic rings. The van der Waals surface area contributed by atoms with Gasteiger partial charge in [0.25, 0.3) is 0 Å². The summed E-state index contributed by atoms with van der Waals surface area (Å²) in [6, 6.07) is 8.94. The molecule has 3 aliphatic carbocycles. The van der Waals surface area contributed by atoms with Gasteiger partial charge in [0.15, 0.2) is 0 Å². The molecule has 1 aliphatic heterocycles. The van der Waals surface area contributed by atoms with Gasteiger partial charge in [0.1, 0.15) is 12.2 Å². The Balaban J connectivity index is 1.32. The molecule has 2 bridgehead atoms. The highest BCUT2D eigenvalue weighted by molar-refractivity contribution is 5.73. The Morgan fingerprint density at radius 3 is 3.09 bits per heavy atom. The maximum Gasteiger partial charge on any atom is 0.132 e. The van der Waals surface area contributed by atoms with E-state index in [1.807, 2.05) is 22.9 Å². The minimum absolute atomic E-state index is 0.399. The average Bonchev–Trinajstić information content (AvgIpc) is 3.34. The molecule has 0 unspecified atom stereocenters. The molecule has 2 heterocycles. The Morgan fingerprint density at radius 2 is 2.09 bits per heavy atom. The fourth-order valence-electron chi connectivity index (χ4n) is 5.54. The van der Waals surface area contributed by atoms with Gasteiger partial charge >= 0.3 is 0 Å². The van der Waals surface area contributed by atoms with E-state index in [4.69, 9.17) is 0 Å². The van der Waals surface area contributed by atoms with E-state index < -0.39 is 0 Å². The van der Waals surface area contributed by atoms with Gasteiger partial charge in [-0.1, -0.05) is 34.7 Å². The van der Waals surface area contributed by atoms with Crippen LogP contribution in [0.25, 0.3) is 11.0 Å². The molecule has 0 radical (unpaired) electrons. The van der Waals surface area contributed by atoms with Crippen molar-refractivity contribution >= 4 is 11.0 Å². The maximum absolute atomic E-state index is 4.64. The van der Waals surface area contributed by atoms with Crippen molar-refractivity contribution in [3.8, 4) is 0 Å². The van der Waals surface area contributed by atoms with E-state index in [0.717, 1.165) is 28.8 Å². The van der Waals surface area contributed by atoms with Crippen LogP contribution < -0.4 is 0 Å². The second kappa shape index (κ2) is 4.19. The molecule has 2 aromatic rings. The second-order valence-electron chi connectivity index (χ2n) is 7.31. The summed E-state index contributed by atoms with van der Waals surface area (Å²) in [6.07, 6.45) is 7.40. The predicted molar refractivity (Wildman–Crippen MR) is 84.1 cm³/mol. The lowest BCUT2D eigenvalue weighted by Gasteiger charge is -2.35. The molecule has 2 fully saturated rings. The van der Waals surface area contributed by atoms with Crippen LogP contribution in [0.2, 0.25) is 0 Å². The molecule has 6 atom stereocenters. The Bertz CT molecular complexity index is 838. The Morgan fingerprint density at radius 1 is 1.13 bits per heavy atom. The summed E-state index contributed by atoms with van der Waals surface area (Å²) in [5.41, 5.74) is 2.00. The lowest BCUT2D eigenvalue weighted by atomic mass is 9.76. The molecule has 116 valence electrons. The van der Waals surface area contributed by atoms with Gasteiger partial charge in [-0.25, -0.2) is 4.68 Å². The van der Waals surface area contributed by atoms with Crippen molar-refractivity contribution < 1.29 is 0 Å². The van der Waals surface area contributed by atoms with E-state index in [1.54, 1.807) is 0 Å². The predicted octanol–water partition coefficient (Wildman–Crippen LogP) is 2.65. The Hall–Kier alpha value is -2.24. The van der Waals surface area contributed by atoms with Crippen LogP contribution in [0.15, 0.2) is 46.8 Å². The van der Waals surface area contributed by atoms with E-state index in [1.165, 1.54) is 12.8 Å². The maximum atomic E-state index is 4.64. The molecular weight excluding hydrogens is 288 g/mol. The summed E-state index contributed by atoms with van der Waals surface area (Å²) in [7, 11) is 0. The molecule has 6 rings (SSSR count). The summed E-state index contributed by atoms with van der Waals surface area (Å²) in [5, 5.41) is 19.9. The highest BCUT2D eigenvalue weighted by Gasteiger charge is 2.61. The van der Waals surface area contributed by atoms with Gasteiger partial charge in [0.2, 0.25) is 0 Å². The lowest BCUT2D eigenvalue weighted by molar-refractivity contribution is 0.0948. The van der Waals surface area contributed by atoms with Crippen LogP contribution in [0.5, 0.6) is 0 Å². The van der Waals surface area contributed by atoms with Crippen LogP contribution in [0.1, 0.15) is 12.8 Å². The zero-order valence-corrected chi connectivity index (χ0v) is 12.7. The lowest BCUT2D eigenvalue weighted by Crippen LogP contribution is -2.45. The average molecular weight is 306 g/mol. The van der Waals surface area contributed by atoms with Gasteiger partial charge in [-0.3, -0.25) is 5.01 Å². The molecule has 6 heteroatoms. The first-order valence-electron chi connectivity index (χ1n) is 8.52. The normalized spacial score (nSPS) is 39.6. The van der Waals surface area contributed by atoms with Crippen molar-refractivity contribution in [1.82, 2.24) is 20.0 Å². The minimum atomic E-state index is 0.399. The Labute approximate surface area is 133 Å². The third-order valence-electron chi connectivity index (χ3n) is 6.42. The van der Waals surface area contributed by atoms with Crippen molar-refractivity contribution in [3.63, 3.8) is 0 Å². The molecule has 23 heavy (non-hydrogen) atoms. The van der Waals surface area contributed by atoms with Crippen LogP contribution in [-0.2, 0) is 6.67 Å². The van der Waals surface area contributed by atoms with E-state index in [-0.39, 0.29) is 0 Å². The van der Waals surface area contributed by atoms with Crippen molar-refractivity contribution in [2.24, 2.45) is 34.0 Å². The number of fused-ring (bicyclic) bond motifs is 9. The molecule has 0 spiro atoms.